The molecule has 1 rings (SSSR count). The SMILES string of the molecule is CCNC(C#N)(CSC(C)CO)c1ccccc1. The summed E-state index contributed by atoms with van der Waals surface area (Å²) in [4.78, 5) is 0. The lowest BCUT2D eigenvalue weighted by Gasteiger charge is -2.28. The molecule has 2 atom stereocenters. The zero-order valence-electron chi connectivity index (χ0n) is 10.9. The molecule has 0 aliphatic rings. The molecule has 0 radical (unpaired) electrons. The van der Waals surface area contributed by atoms with E-state index in [1.165, 1.54) is 0 Å². The van der Waals surface area contributed by atoms with Gasteiger partial charge in [-0.2, -0.15) is 17.0 Å². The Balaban J connectivity index is 2.92. The van der Waals surface area contributed by atoms with Crippen LogP contribution in [0.3, 0.4) is 0 Å². The molecule has 0 bridgehead atoms. The highest BCUT2D eigenvalue weighted by molar-refractivity contribution is 7.99. The molecule has 0 saturated heterocycles. The lowest BCUT2D eigenvalue weighted by molar-refractivity contribution is 0.299. The minimum atomic E-state index is -0.676. The van der Waals surface area contributed by atoms with Gasteiger partial charge in [-0.05, 0) is 12.1 Å². The lowest BCUT2D eigenvalue weighted by Crippen LogP contribution is -2.43. The average molecular weight is 264 g/mol. The number of thioether (sulfide) groups is 1. The third-order valence-electron chi connectivity index (χ3n) is 2.78. The number of aliphatic hydroxyl groups excluding tert-OH is 1. The van der Waals surface area contributed by atoms with Crippen molar-refractivity contribution in [3.05, 3.63) is 35.9 Å². The summed E-state index contributed by atoms with van der Waals surface area (Å²) in [5.74, 6) is 0.628. The molecule has 0 aliphatic heterocycles. The number of nitrogens with zero attached hydrogens (tertiary/aromatic N) is 1. The first-order chi connectivity index (χ1) is 8.68. The van der Waals surface area contributed by atoms with Gasteiger partial charge in [0.25, 0.3) is 0 Å². The van der Waals surface area contributed by atoms with Crippen molar-refractivity contribution < 1.29 is 5.11 Å². The predicted molar refractivity (Wildman–Crippen MR) is 76.4 cm³/mol. The molecule has 0 spiro atoms. The Morgan fingerprint density at radius 3 is 2.61 bits per heavy atom. The first-order valence-corrected chi connectivity index (χ1v) is 7.17. The highest BCUT2D eigenvalue weighted by Gasteiger charge is 2.31. The van der Waals surface area contributed by atoms with E-state index in [1.807, 2.05) is 44.2 Å². The van der Waals surface area contributed by atoms with Crippen LogP contribution < -0.4 is 5.32 Å². The minimum absolute atomic E-state index is 0.132. The van der Waals surface area contributed by atoms with Crippen LogP contribution in [0.2, 0.25) is 0 Å². The monoisotopic (exact) mass is 264 g/mol. The smallest absolute Gasteiger partial charge is 0.141 e. The van der Waals surface area contributed by atoms with E-state index in [0.717, 1.165) is 12.1 Å². The Morgan fingerprint density at radius 1 is 1.44 bits per heavy atom. The van der Waals surface area contributed by atoms with Crippen LogP contribution in [-0.4, -0.2) is 29.3 Å². The summed E-state index contributed by atoms with van der Waals surface area (Å²) >= 11 is 1.61. The van der Waals surface area contributed by atoms with Crippen molar-refractivity contribution in [1.29, 1.82) is 5.26 Å². The van der Waals surface area contributed by atoms with Crippen LogP contribution in [0.25, 0.3) is 0 Å². The van der Waals surface area contributed by atoms with E-state index in [0.29, 0.717) is 5.75 Å². The number of nitrogens with one attached hydrogen (secondary N) is 1. The van der Waals surface area contributed by atoms with Crippen molar-refractivity contribution in [2.75, 3.05) is 18.9 Å². The standard InChI is InChI=1S/C14H20N2OS/c1-3-16-14(10-15,11-18-12(2)9-17)13-7-5-4-6-8-13/h4-8,12,16-17H,3,9,11H2,1-2H3. The topological polar surface area (TPSA) is 56.0 Å². The van der Waals surface area contributed by atoms with E-state index in [9.17, 15) is 5.26 Å². The summed E-state index contributed by atoms with van der Waals surface area (Å²) in [6.45, 7) is 4.82. The number of nitriles is 1. The molecule has 0 fully saturated rings. The largest absolute Gasteiger partial charge is 0.395 e. The highest BCUT2D eigenvalue weighted by Crippen LogP contribution is 2.27. The van der Waals surface area contributed by atoms with Crippen molar-refractivity contribution in [3.8, 4) is 6.07 Å². The van der Waals surface area contributed by atoms with E-state index >= 15 is 0 Å². The molecule has 4 heteroatoms. The van der Waals surface area contributed by atoms with Crippen molar-refractivity contribution >= 4 is 11.8 Å². The lowest BCUT2D eigenvalue weighted by atomic mass is 9.93. The fraction of sp³-hybridized carbons (Fsp3) is 0.500. The minimum Gasteiger partial charge on any atom is -0.395 e. The molecule has 0 aliphatic carbocycles. The maximum Gasteiger partial charge on any atom is 0.141 e. The third-order valence-corrected chi connectivity index (χ3v) is 4.10. The van der Waals surface area contributed by atoms with Crippen LogP contribution in [0.1, 0.15) is 19.4 Å². The van der Waals surface area contributed by atoms with Crippen LogP contribution in [0, 0.1) is 11.3 Å². The van der Waals surface area contributed by atoms with Crippen LogP contribution in [0.4, 0.5) is 0 Å². The molecule has 98 valence electrons. The van der Waals surface area contributed by atoms with Crippen LogP contribution in [-0.2, 0) is 5.54 Å². The van der Waals surface area contributed by atoms with Crippen molar-refractivity contribution in [1.82, 2.24) is 5.32 Å². The molecule has 2 unspecified atom stereocenters. The second kappa shape index (κ2) is 7.42. The number of benzene rings is 1. The van der Waals surface area contributed by atoms with Gasteiger partial charge in [-0.15, -0.1) is 0 Å². The van der Waals surface area contributed by atoms with E-state index in [2.05, 4.69) is 11.4 Å². The maximum atomic E-state index is 9.56. The Labute approximate surface area is 113 Å². The summed E-state index contributed by atoms with van der Waals surface area (Å²) in [7, 11) is 0. The molecular formula is C14H20N2OS. The van der Waals surface area contributed by atoms with Gasteiger partial charge in [0.2, 0.25) is 0 Å². The van der Waals surface area contributed by atoms with Crippen LogP contribution in [0.15, 0.2) is 30.3 Å². The van der Waals surface area contributed by atoms with Gasteiger partial charge in [-0.1, -0.05) is 44.2 Å². The number of hydrogen-bond donors (Lipinski definition) is 2. The molecule has 1 aromatic rings. The fourth-order valence-corrected chi connectivity index (χ4v) is 2.69. The highest BCUT2D eigenvalue weighted by atomic mass is 32.2. The Hall–Kier alpha value is -1.02. The van der Waals surface area contributed by atoms with Gasteiger partial charge < -0.3 is 5.11 Å². The quantitative estimate of drug-likeness (QED) is 0.792. The van der Waals surface area contributed by atoms with Gasteiger partial charge in [-0.25, -0.2) is 0 Å². The average Bonchev–Trinajstić information content (AvgIpc) is 2.44. The molecular weight excluding hydrogens is 244 g/mol. The van der Waals surface area contributed by atoms with Gasteiger partial charge in [0, 0.05) is 11.0 Å². The first-order valence-electron chi connectivity index (χ1n) is 6.12. The molecule has 3 nitrogen and oxygen atoms in total. The zero-order chi connectivity index (χ0) is 13.4. The summed E-state index contributed by atoms with van der Waals surface area (Å²) in [5, 5.41) is 22.1. The Kier molecular flexibility index (Phi) is 6.20. The molecule has 0 amide bonds. The molecule has 0 heterocycles. The van der Waals surface area contributed by atoms with Crippen molar-refractivity contribution in [2.24, 2.45) is 0 Å². The van der Waals surface area contributed by atoms with Crippen molar-refractivity contribution in [2.45, 2.75) is 24.6 Å². The second-order valence-corrected chi connectivity index (χ2v) is 5.64. The number of rotatable bonds is 7. The van der Waals surface area contributed by atoms with E-state index in [-0.39, 0.29) is 11.9 Å². The third kappa shape index (κ3) is 3.74. The summed E-state index contributed by atoms with van der Waals surface area (Å²) in [6.07, 6.45) is 0. The zero-order valence-corrected chi connectivity index (χ0v) is 11.7. The van der Waals surface area contributed by atoms with E-state index in [4.69, 9.17) is 5.11 Å². The van der Waals surface area contributed by atoms with Gasteiger partial charge in [0.15, 0.2) is 0 Å². The fourth-order valence-electron chi connectivity index (χ4n) is 1.72. The molecule has 0 aromatic heterocycles. The molecule has 1 aromatic carbocycles. The Morgan fingerprint density at radius 2 is 2.11 bits per heavy atom. The first kappa shape index (κ1) is 15.0. The van der Waals surface area contributed by atoms with Gasteiger partial charge in [0.05, 0.1) is 12.7 Å². The Bertz CT molecular complexity index is 391. The molecule has 18 heavy (non-hydrogen) atoms. The van der Waals surface area contributed by atoms with E-state index in [1.54, 1.807) is 11.8 Å². The van der Waals surface area contributed by atoms with Gasteiger partial charge >= 0.3 is 0 Å². The molecule has 0 saturated carbocycles. The van der Waals surface area contributed by atoms with Crippen molar-refractivity contribution in [3.63, 3.8) is 0 Å². The van der Waals surface area contributed by atoms with Crippen LogP contribution >= 0.6 is 11.8 Å². The van der Waals surface area contributed by atoms with Gasteiger partial charge in [0.1, 0.15) is 5.54 Å². The summed E-state index contributed by atoms with van der Waals surface area (Å²) in [5.41, 5.74) is 0.302. The number of aliphatic hydroxyl groups is 1. The maximum absolute atomic E-state index is 9.56. The summed E-state index contributed by atoms with van der Waals surface area (Å²) < 4.78 is 0. The predicted octanol–water partition coefficient (Wildman–Crippen LogP) is 2.13. The second-order valence-electron chi connectivity index (χ2n) is 4.22. The van der Waals surface area contributed by atoms with E-state index < -0.39 is 5.54 Å². The summed E-state index contributed by atoms with van der Waals surface area (Å²) in [6, 6.07) is 12.2. The number of hydrogen-bond acceptors (Lipinski definition) is 4. The molecule has 2 N–H and O–H groups in total. The normalized spacial score (nSPS) is 15.7. The van der Waals surface area contributed by atoms with Gasteiger partial charge in [-0.3, -0.25) is 5.32 Å². The van der Waals surface area contributed by atoms with Crippen LogP contribution in [0.5, 0.6) is 0 Å².